The average molecular weight is 318 g/mol. The largest absolute Gasteiger partial charge is 0.473 e. The molecule has 0 aromatic carbocycles. The summed E-state index contributed by atoms with van der Waals surface area (Å²) >= 11 is 6.08. The zero-order valence-electron chi connectivity index (χ0n) is 12.4. The number of hydrogen-bond acceptors (Lipinski definition) is 4. The van der Waals surface area contributed by atoms with Crippen LogP contribution in [0.15, 0.2) is 42.9 Å². The van der Waals surface area contributed by atoms with E-state index < -0.39 is 0 Å². The minimum Gasteiger partial charge on any atom is -0.473 e. The summed E-state index contributed by atoms with van der Waals surface area (Å²) in [6.45, 7) is 0.894. The topological polar surface area (TPSA) is 47.0 Å². The van der Waals surface area contributed by atoms with Crippen molar-refractivity contribution in [3.8, 4) is 5.88 Å². The molecule has 0 unspecified atom stereocenters. The Morgan fingerprint density at radius 3 is 2.59 bits per heavy atom. The van der Waals surface area contributed by atoms with Crippen LogP contribution in [-0.4, -0.2) is 22.1 Å². The summed E-state index contributed by atoms with van der Waals surface area (Å²) in [6, 6.07) is 8.27. The molecule has 1 fully saturated rings. The molecule has 0 spiro atoms. The van der Waals surface area contributed by atoms with E-state index >= 15 is 0 Å². The van der Waals surface area contributed by atoms with E-state index in [1.165, 1.54) is 5.56 Å². The third-order valence-electron chi connectivity index (χ3n) is 4.02. The second kappa shape index (κ2) is 7.56. The lowest BCUT2D eigenvalue weighted by molar-refractivity contribution is 0.134. The second-order valence-electron chi connectivity index (χ2n) is 5.62. The van der Waals surface area contributed by atoms with E-state index in [1.54, 1.807) is 6.20 Å². The SMILES string of the molecule is Clc1cccnc1OC1CCC(NCc2ccncc2)CC1. The van der Waals surface area contributed by atoms with Crippen LogP contribution >= 0.6 is 11.6 Å². The van der Waals surface area contributed by atoms with Crippen LogP contribution < -0.4 is 10.1 Å². The highest BCUT2D eigenvalue weighted by atomic mass is 35.5. The Morgan fingerprint density at radius 2 is 1.86 bits per heavy atom. The zero-order valence-corrected chi connectivity index (χ0v) is 13.2. The third kappa shape index (κ3) is 4.18. The molecule has 0 bridgehead atoms. The molecule has 2 aromatic heterocycles. The standard InChI is InChI=1S/C17H20ClN3O/c18-16-2-1-9-20-17(16)22-15-5-3-14(4-6-15)21-12-13-7-10-19-11-8-13/h1-2,7-11,14-15,21H,3-6,12H2. The molecule has 22 heavy (non-hydrogen) atoms. The lowest BCUT2D eigenvalue weighted by atomic mass is 9.93. The van der Waals surface area contributed by atoms with E-state index in [9.17, 15) is 0 Å². The van der Waals surface area contributed by atoms with Gasteiger partial charge in [-0.3, -0.25) is 4.98 Å². The highest BCUT2D eigenvalue weighted by Gasteiger charge is 2.23. The molecule has 1 aliphatic rings. The van der Waals surface area contributed by atoms with Crippen molar-refractivity contribution in [1.82, 2.24) is 15.3 Å². The van der Waals surface area contributed by atoms with Gasteiger partial charge < -0.3 is 10.1 Å². The fourth-order valence-electron chi connectivity index (χ4n) is 2.76. The van der Waals surface area contributed by atoms with Gasteiger partial charge >= 0.3 is 0 Å². The van der Waals surface area contributed by atoms with Crippen LogP contribution in [0.3, 0.4) is 0 Å². The van der Waals surface area contributed by atoms with Gasteiger partial charge in [-0.15, -0.1) is 0 Å². The Bertz CT molecular complexity index is 585. The molecule has 0 amide bonds. The molecule has 1 aliphatic carbocycles. The van der Waals surface area contributed by atoms with Crippen LogP contribution in [0.2, 0.25) is 5.02 Å². The van der Waals surface area contributed by atoms with Crippen LogP contribution in [0.1, 0.15) is 31.2 Å². The molecule has 2 aromatic rings. The van der Waals surface area contributed by atoms with E-state index in [-0.39, 0.29) is 6.10 Å². The number of hydrogen-bond donors (Lipinski definition) is 1. The van der Waals surface area contributed by atoms with Crippen LogP contribution in [0.4, 0.5) is 0 Å². The maximum absolute atomic E-state index is 6.08. The summed E-state index contributed by atoms with van der Waals surface area (Å²) in [5, 5.41) is 4.19. The minimum absolute atomic E-state index is 0.214. The van der Waals surface area contributed by atoms with Crippen LogP contribution in [0.5, 0.6) is 5.88 Å². The van der Waals surface area contributed by atoms with Gasteiger partial charge in [0, 0.05) is 31.2 Å². The average Bonchev–Trinajstić information content (AvgIpc) is 2.57. The Morgan fingerprint density at radius 1 is 1.09 bits per heavy atom. The van der Waals surface area contributed by atoms with Crippen molar-refractivity contribution in [3.05, 3.63) is 53.4 Å². The Labute approximate surface area is 135 Å². The normalized spacial score (nSPS) is 21.5. The first-order valence-corrected chi connectivity index (χ1v) is 8.08. The van der Waals surface area contributed by atoms with Crippen molar-refractivity contribution >= 4 is 11.6 Å². The number of nitrogens with zero attached hydrogens (tertiary/aromatic N) is 2. The van der Waals surface area contributed by atoms with E-state index in [2.05, 4.69) is 15.3 Å². The molecule has 0 radical (unpaired) electrons. The first-order chi connectivity index (χ1) is 10.8. The van der Waals surface area contributed by atoms with Crippen molar-refractivity contribution in [2.24, 2.45) is 0 Å². The number of aromatic nitrogens is 2. The lowest BCUT2D eigenvalue weighted by Crippen LogP contribution is -2.36. The van der Waals surface area contributed by atoms with Gasteiger partial charge in [-0.05, 0) is 55.5 Å². The second-order valence-corrected chi connectivity index (χ2v) is 6.03. The van der Waals surface area contributed by atoms with E-state index in [1.807, 2.05) is 36.7 Å². The molecular weight excluding hydrogens is 298 g/mol. The molecule has 1 saturated carbocycles. The first kappa shape index (κ1) is 15.3. The van der Waals surface area contributed by atoms with Gasteiger partial charge in [-0.25, -0.2) is 4.98 Å². The monoisotopic (exact) mass is 317 g/mol. The first-order valence-electron chi connectivity index (χ1n) is 7.71. The summed E-state index contributed by atoms with van der Waals surface area (Å²) < 4.78 is 5.92. The number of ether oxygens (including phenoxy) is 1. The van der Waals surface area contributed by atoms with E-state index in [0.717, 1.165) is 32.2 Å². The fraction of sp³-hybridized carbons (Fsp3) is 0.412. The maximum Gasteiger partial charge on any atom is 0.232 e. The summed E-state index contributed by atoms with van der Waals surface area (Å²) in [6.07, 6.45) is 9.87. The predicted molar refractivity (Wildman–Crippen MR) is 87.0 cm³/mol. The smallest absolute Gasteiger partial charge is 0.232 e. The van der Waals surface area contributed by atoms with Crippen LogP contribution in [0, 0.1) is 0 Å². The summed E-state index contributed by atoms with van der Waals surface area (Å²) in [4.78, 5) is 8.23. The van der Waals surface area contributed by atoms with E-state index in [0.29, 0.717) is 16.9 Å². The molecule has 2 heterocycles. The fourth-order valence-corrected chi connectivity index (χ4v) is 2.93. The molecular formula is C17H20ClN3O. The molecule has 1 N–H and O–H groups in total. The van der Waals surface area contributed by atoms with Gasteiger partial charge in [0.1, 0.15) is 11.1 Å². The Hall–Kier alpha value is -1.65. The van der Waals surface area contributed by atoms with Gasteiger partial charge in [0.2, 0.25) is 5.88 Å². The molecule has 5 heteroatoms. The summed E-state index contributed by atoms with van der Waals surface area (Å²) in [5.41, 5.74) is 1.27. The van der Waals surface area contributed by atoms with Crippen LogP contribution in [-0.2, 0) is 6.54 Å². The lowest BCUT2D eigenvalue weighted by Gasteiger charge is -2.29. The van der Waals surface area contributed by atoms with Gasteiger partial charge in [0.25, 0.3) is 0 Å². The number of pyridine rings is 2. The molecule has 4 nitrogen and oxygen atoms in total. The maximum atomic E-state index is 6.08. The number of rotatable bonds is 5. The highest BCUT2D eigenvalue weighted by molar-refractivity contribution is 6.31. The summed E-state index contributed by atoms with van der Waals surface area (Å²) in [5.74, 6) is 0.553. The molecule has 0 atom stereocenters. The van der Waals surface area contributed by atoms with Crippen molar-refractivity contribution in [2.45, 2.75) is 44.4 Å². The number of nitrogens with one attached hydrogen (secondary N) is 1. The summed E-state index contributed by atoms with van der Waals surface area (Å²) in [7, 11) is 0. The minimum atomic E-state index is 0.214. The predicted octanol–water partition coefficient (Wildman–Crippen LogP) is 3.61. The van der Waals surface area contributed by atoms with Crippen molar-refractivity contribution in [3.63, 3.8) is 0 Å². The quantitative estimate of drug-likeness (QED) is 0.915. The molecule has 116 valence electrons. The van der Waals surface area contributed by atoms with E-state index in [4.69, 9.17) is 16.3 Å². The van der Waals surface area contributed by atoms with Gasteiger partial charge in [-0.2, -0.15) is 0 Å². The Kier molecular flexibility index (Phi) is 5.24. The molecule has 0 aliphatic heterocycles. The van der Waals surface area contributed by atoms with Crippen LogP contribution in [0.25, 0.3) is 0 Å². The van der Waals surface area contributed by atoms with Crippen molar-refractivity contribution < 1.29 is 4.74 Å². The van der Waals surface area contributed by atoms with Gasteiger partial charge in [0.05, 0.1) is 0 Å². The van der Waals surface area contributed by atoms with Gasteiger partial charge in [-0.1, -0.05) is 11.6 Å². The molecule has 3 rings (SSSR count). The molecule has 0 saturated heterocycles. The van der Waals surface area contributed by atoms with Gasteiger partial charge in [0.15, 0.2) is 0 Å². The van der Waals surface area contributed by atoms with Crippen molar-refractivity contribution in [1.29, 1.82) is 0 Å². The third-order valence-corrected chi connectivity index (χ3v) is 4.31. The highest BCUT2D eigenvalue weighted by Crippen LogP contribution is 2.27. The Balaban J connectivity index is 1.44. The number of halogens is 1. The zero-order chi connectivity index (χ0) is 15.2. The van der Waals surface area contributed by atoms with Crippen molar-refractivity contribution in [2.75, 3.05) is 0 Å².